The maximum Gasteiger partial charge on any atom is 0.338 e. The van der Waals surface area contributed by atoms with E-state index < -0.39 is 0 Å². The summed E-state index contributed by atoms with van der Waals surface area (Å²) in [6.45, 7) is 3.88. The number of carbonyl (C=O) groups is 1. The van der Waals surface area contributed by atoms with E-state index in [0.29, 0.717) is 22.1 Å². The van der Waals surface area contributed by atoms with Crippen LogP contribution in [0.2, 0.25) is 0 Å². The summed E-state index contributed by atoms with van der Waals surface area (Å²) < 4.78 is 18.5. The second-order valence-corrected chi connectivity index (χ2v) is 6.80. The van der Waals surface area contributed by atoms with Crippen molar-refractivity contribution in [3.8, 4) is 0 Å². The fraction of sp³-hybridized carbons (Fsp3) is 0.222. The summed E-state index contributed by atoms with van der Waals surface area (Å²) in [4.78, 5) is 15.3. The predicted molar refractivity (Wildman–Crippen MR) is 101 cm³/mol. The molecule has 1 aromatic carbocycles. The van der Waals surface area contributed by atoms with E-state index in [0.717, 1.165) is 4.88 Å². The average Bonchev–Trinajstić information content (AvgIpc) is 3.10. The minimum atomic E-state index is -0.388. The number of thiophene rings is 1. The number of nitrogens with zero attached hydrogens (tertiary/aromatic N) is 1. The fourth-order valence-corrected chi connectivity index (χ4v) is 3.93. The van der Waals surface area contributed by atoms with E-state index in [-0.39, 0.29) is 24.4 Å². The highest BCUT2D eigenvalue weighted by molar-refractivity contribution is 7.80. The van der Waals surface area contributed by atoms with E-state index in [9.17, 15) is 9.18 Å². The van der Waals surface area contributed by atoms with Gasteiger partial charge >= 0.3 is 5.97 Å². The van der Waals surface area contributed by atoms with Crippen LogP contribution >= 0.6 is 23.6 Å². The number of rotatable bonds is 4. The molecule has 2 aromatic rings. The predicted octanol–water partition coefficient (Wildman–Crippen LogP) is 4.16. The van der Waals surface area contributed by atoms with E-state index in [2.05, 4.69) is 5.32 Å². The standard InChI is InChI=1S/C18H17FN2O2S2/c1-3-23-17(22)15-11(2)21(13-8-6-12(19)7-9-13)18(24)20-16(15)14-5-4-10-25-14/h4-10,16H,3H2,1-2H3,(H,20,24)/t16-/m0/s1. The summed E-state index contributed by atoms with van der Waals surface area (Å²) in [5.41, 5.74) is 1.86. The number of ether oxygens (including phenoxy) is 1. The molecule has 4 nitrogen and oxygen atoms in total. The number of hydrogen-bond donors (Lipinski definition) is 1. The summed E-state index contributed by atoms with van der Waals surface area (Å²) in [7, 11) is 0. The normalized spacial score (nSPS) is 17.5. The Labute approximate surface area is 154 Å². The summed E-state index contributed by atoms with van der Waals surface area (Å²) in [5, 5.41) is 5.62. The molecule has 0 saturated carbocycles. The molecule has 0 spiro atoms. The van der Waals surface area contributed by atoms with Gasteiger partial charge in [-0.3, -0.25) is 4.90 Å². The maximum absolute atomic E-state index is 13.2. The Bertz CT molecular complexity index is 816. The lowest BCUT2D eigenvalue weighted by Crippen LogP contribution is -2.47. The van der Waals surface area contributed by atoms with Crippen LogP contribution in [0.4, 0.5) is 10.1 Å². The third-order valence-corrected chi connectivity index (χ3v) is 5.13. The minimum absolute atomic E-state index is 0.285. The van der Waals surface area contributed by atoms with Crippen LogP contribution in [0.25, 0.3) is 0 Å². The summed E-state index contributed by atoms with van der Waals surface area (Å²) in [5.74, 6) is -0.719. The first-order chi connectivity index (χ1) is 12.0. The van der Waals surface area contributed by atoms with E-state index in [1.165, 1.54) is 23.5 Å². The van der Waals surface area contributed by atoms with Crippen molar-refractivity contribution >= 4 is 40.3 Å². The van der Waals surface area contributed by atoms with Crippen LogP contribution in [0, 0.1) is 5.82 Å². The molecule has 0 saturated heterocycles. The molecule has 3 rings (SSSR count). The third kappa shape index (κ3) is 3.43. The SMILES string of the molecule is CCOC(=O)C1=C(C)N(c2ccc(F)cc2)C(=S)N[C@H]1c1cccs1. The number of benzene rings is 1. The summed E-state index contributed by atoms with van der Waals surface area (Å²) >= 11 is 7.05. The van der Waals surface area contributed by atoms with E-state index >= 15 is 0 Å². The van der Waals surface area contributed by atoms with Gasteiger partial charge in [0.2, 0.25) is 0 Å². The Kier molecular flexibility index (Phi) is 5.15. The highest BCUT2D eigenvalue weighted by atomic mass is 32.1. The van der Waals surface area contributed by atoms with E-state index in [1.54, 1.807) is 24.0 Å². The zero-order valence-electron chi connectivity index (χ0n) is 13.8. The molecule has 1 N–H and O–H groups in total. The first-order valence-corrected chi connectivity index (χ1v) is 9.09. The molecule has 1 aliphatic rings. The molecule has 0 unspecified atom stereocenters. The fourth-order valence-electron chi connectivity index (χ4n) is 2.79. The van der Waals surface area contributed by atoms with Gasteiger partial charge in [0.1, 0.15) is 5.82 Å². The molecule has 0 amide bonds. The Balaban J connectivity index is 2.10. The molecule has 1 atom stereocenters. The molecule has 7 heteroatoms. The number of esters is 1. The van der Waals surface area contributed by atoms with Crippen molar-refractivity contribution in [1.29, 1.82) is 0 Å². The number of thiocarbonyl (C=S) groups is 1. The Hall–Kier alpha value is -2.25. The van der Waals surface area contributed by atoms with Gasteiger partial charge in [-0.1, -0.05) is 6.07 Å². The lowest BCUT2D eigenvalue weighted by Gasteiger charge is -2.37. The zero-order valence-corrected chi connectivity index (χ0v) is 15.4. The van der Waals surface area contributed by atoms with Crippen molar-refractivity contribution in [2.75, 3.05) is 11.5 Å². The number of anilines is 1. The molecule has 0 aliphatic carbocycles. The van der Waals surface area contributed by atoms with Gasteiger partial charge in [0.25, 0.3) is 0 Å². The van der Waals surface area contributed by atoms with Crippen LogP contribution in [-0.2, 0) is 9.53 Å². The zero-order chi connectivity index (χ0) is 18.0. The summed E-state index contributed by atoms with van der Waals surface area (Å²) in [6.07, 6.45) is 0. The quantitative estimate of drug-likeness (QED) is 0.641. The Morgan fingerprint density at radius 3 is 2.68 bits per heavy atom. The highest BCUT2D eigenvalue weighted by Crippen LogP contribution is 2.35. The molecule has 0 bridgehead atoms. The molecule has 130 valence electrons. The molecule has 0 radical (unpaired) electrons. The van der Waals surface area contributed by atoms with Crippen molar-refractivity contribution in [2.45, 2.75) is 19.9 Å². The molecule has 25 heavy (non-hydrogen) atoms. The smallest absolute Gasteiger partial charge is 0.338 e. The van der Waals surface area contributed by atoms with Crippen LogP contribution in [0.5, 0.6) is 0 Å². The van der Waals surface area contributed by atoms with Crippen molar-refractivity contribution in [1.82, 2.24) is 5.32 Å². The Morgan fingerprint density at radius 1 is 1.36 bits per heavy atom. The van der Waals surface area contributed by atoms with Crippen LogP contribution in [0.3, 0.4) is 0 Å². The van der Waals surface area contributed by atoms with Crippen LogP contribution in [-0.4, -0.2) is 17.7 Å². The summed E-state index contributed by atoms with van der Waals surface area (Å²) in [6, 6.07) is 9.49. The third-order valence-electron chi connectivity index (χ3n) is 3.89. The van der Waals surface area contributed by atoms with Gasteiger partial charge in [-0.2, -0.15) is 0 Å². The molecule has 1 aromatic heterocycles. The lowest BCUT2D eigenvalue weighted by atomic mass is 10.0. The monoisotopic (exact) mass is 376 g/mol. The van der Waals surface area contributed by atoms with Crippen LogP contribution in [0.15, 0.2) is 53.0 Å². The van der Waals surface area contributed by atoms with Gasteiger partial charge in [0, 0.05) is 16.3 Å². The van der Waals surface area contributed by atoms with Crippen LogP contribution in [0.1, 0.15) is 24.8 Å². The first-order valence-electron chi connectivity index (χ1n) is 7.80. The lowest BCUT2D eigenvalue weighted by molar-refractivity contribution is -0.139. The topological polar surface area (TPSA) is 41.6 Å². The number of nitrogens with one attached hydrogen (secondary N) is 1. The van der Waals surface area contributed by atoms with Crippen molar-refractivity contribution in [2.24, 2.45) is 0 Å². The largest absolute Gasteiger partial charge is 0.463 e. The number of halogens is 1. The second-order valence-electron chi connectivity index (χ2n) is 5.43. The van der Waals surface area contributed by atoms with Gasteiger partial charge in [-0.15, -0.1) is 11.3 Å². The van der Waals surface area contributed by atoms with E-state index in [4.69, 9.17) is 17.0 Å². The van der Waals surface area contributed by atoms with E-state index in [1.807, 2.05) is 24.4 Å². The molecule has 0 fully saturated rings. The van der Waals surface area contributed by atoms with Crippen molar-refractivity contribution in [3.63, 3.8) is 0 Å². The number of carbonyl (C=O) groups excluding carboxylic acids is 1. The minimum Gasteiger partial charge on any atom is -0.463 e. The first kappa shape index (κ1) is 17.6. The van der Waals surface area contributed by atoms with Gasteiger partial charge in [-0.25, -0.2) is 9.18 Å². The average molecular weight is 376 g/mol. The second kappa shape index (κ2) is 7.33. The van der Waals surface area contributed by atoms with Crippen LogP contribution < -0.4 is 10.2 Å². The number of hydrogen-bond acceptors (Lipinski definition) is 4. The van der Waals surface area contributed by atoms with Crippen molar-refractivity contribution in [3.05, 3.63) is 63.7 Å². The van der Waals surface area contributed by atoms with Gasteiger partial charge in [-0.05, 0) is 61.8 Å². The molecular formula is C18H17FN2O2S2. The molecular weight excluding hydrogens is 359 g/mol. The van der Waals surface area contributed by atoms with Gasteiger partial charge < -0.3 is 10.1 Å². The Morgan fingerprint density at radius 2 is 2.08 bits per heavy atom. The molecule has 2 heterocycles. The maximum atomic E-state index is 13.2. The number of allylic oxidation sites excluding steroid dienone is 1. The van der Waals surface area contributed by atoms with Gasteiger partial charge in [0.15, 0.2) is 5.11 Å². The molecule has 1 aliphatic heterocycles. The van der Waals surface area contributed by atoms with Gasteiger partial charge in [0.05, 0.1) is 18.2 Å². The highest BCUT2D eigenvalue weighted by Gasteiger charge is 2.35. The van der Waals surface area contributed by atoms with Crippen molar-refractivity contribution < 1.29 is 13.9 Å².